The first-order valence-corrected chi connectivity index (χ1v) is 10.9. The van der Waals surface area contributed by atoms with Crippen molar-refractivity contribution in [2.24, 2.45) is 0 Å². The van der Waals surface area contributed by atoms with Crippen LogP contribution in [0, 0.1) is 0 Å². The molecule has 2 aliphatic rings. The Kier molecular flexibility index (Phi) is 6.80. The first-order valence-electron chi connectivity index (χ1n) is 10.9. The number of ether oxygens (including phenoxy) is 3. The van der Waals surface area contributed by atoms with Gasteiger partial charge in [0, 0.05) is 31.4 Å². The minimum absolute atomic E-state index is 0.0183. The third-order valence-electron chi connectivity index (χ3n) is 5.86. The molecule has 0 aromatic heterocycles. The second-order valence-electron chi connectivity index (χ2n) is 8.11. The number of para-hydroxylation sites is 2. The van der Waals surface area contributed by atoms with E-state index in [1.165, 1.54) is 7.11 Å². The Morgan fingerprint density at radius 2 is 1.84 bits per heavy atom. The van der Waals surface area contributed by atoms with E-state index in [1.807, 2.05) is 36.4 Å². The highest BCUT2D eigenvalue weighted by atomic mass is 16.6. The molecule has 2 aromatic rings. The number of piperazine rings is 1. The van der Waals surface area contributed by atoms with E-state index < -0.39 is 0 Å². The van der Waals surface area contributed by atoms with Gasteiger partial charge in [0.05, 0.1) is 25.8 Å². The topological polar surface area (TPSA) is 80.3 Å². The van der Waals surface area contributed by atoms with Crippen LogP contribution in [-0.2, 0) is 9.53 Å². The average molecular weight is 440 g/mol. The van der Waals surface area contributed by atoms with Crippen LogP contribution in [0.15, 0.2) is 48.5 Å². The molecule has 32 heavy (non-hydrogen) atoms. The molecule has 2 heterocycles. The summed E-state index contributed by atoms with van der Waals surface area (Å²) in [5.41, 5.74) is 1.60. The van der Waals surface area contributed by atoms with Crippen LogP contribution in [0.5, 0.6) is 11.5 Å². The smallest absolute Gasteiger partial charge is 0.337 e. The molecule has 2 atom stereocenters. The average Bonchev–Trinajstić information content (AvgIpc) is 2.83. The zero-order valence-electron chi connectivity index (χ0n) is 18.5. The normalized spacial score (nSPS) is 20.5. The SMILES string of the molecule is COC(=O)c1ccc(N2CCN(CC(=O)NCC3COc4ccccc4O3)C(C)C2)cc1. The van der Waals surface area contributed by atoms with Crippen molar-refractivity contribution in [3.8, 4) is 11.5 Å². The Balaban J connectivity index is 1.23. The largest absolute Gasteiger partial charge is 0.486 e. The number of methoxy groups -OCH3 is 1. The van der Waals surface area contributed by atoms with Gasteiger partial charge in [0.1, 0.15) is 12.7 Å². The number of fused-ring (bicyclic) bond motifs is 1. The zero-order chi connectivity index (χ0) is 22.5. The van der Waals surface area contributed by atoms with E-state index in [0.29, 0.717) is 31.0 Å². The lowest BCUT2D eigenvalue weighted by molar-refractivity contribution is -0.123. The maximum Gasteiger partial charge on any atom is 0.337 e. The molecule has 1 saturated heterocycles. The predicted molar refractivity (Wildman–Crippen MR) is 120 cm³/mol. The number of rotatable bonds is 6. The molecule has 8 heteroatoms. The molecule has 0 saturated carbocycles. The minimum atomic E-state index is -0.338. The molecule has 4 rings (SSSR count). The molecule has 0 radical (unpaired) electrons. The summed E-state index contributed by atoms with van der Waals surface area (Å²) in [5, 5.41) is 2.97. The Labute approximate surface area is 188 Å². The maximum absolute atomic E-state index is 12.5. The number of amides is 1. The summed E-state index contributed by atoms with van der Waals surface area (Å²) in [6.45, 7) is 5.70. The molecular formula is C24H29N3O5. The number of anilines is 1. The van der Waals surface area contributed by atoms with Gasteiger partial charge in [0.25, 0.3) is 0 Å². The van der Waals surface area contributed by atoms with Gasteiger partial charge in [0.2, 0.25) is 5.91 Å². The summed E-state index contributed by atoms with van der Waals surface area (Å²) in [4.78, 5) is 28.6. The number of esters is 1. The van der Waals surface area contributed by atoms with Crippen LogP contribution in [0.4, 0.5) is 5.69 Å². The third kappa shape index (κ3) is 5.13. The standard InChI is InChI=1S/C24H29N3O5/c1-17-14-27(19-9-7-18(8-10-19)24(29)30-2)12-11-26(17)15-23(28)25-13-20-16-31-21-5-3-4-6-22(21)32-20/h3-10,17,20H,11-16H2,1-2H3,(H,25,28). The van der Waals surface area contributed by atoms with E-state index >= 15 is 0 Å². The quantitative estimate of drug-likeness (QED) is 0.689. The first-order chi connectivity index (χ1) is 15.5. The van der Waals surface area contributed by atoms with Crippen molar-refractivity contribution in [1.29, 1.82) is 0 Å². The number of hydrogen-bond acceptors (Lipinski definition) is 7. The molecule has 0 aliphatic carbocycles. The van der Waals surface area contributed by atoms with Crippen molar-refractivity contribution >= 4 is 17.6 Å². The molecule has 8 nitrogen and oxygen atoms in total. The lowest BCUT2D eigenvalue weighted by Crippen LogP contribution is -2.55. The Morgan fingerprint density at radius 1 is 1.09 bits per heavy atom. The molecule has 2 aliphatic heterocycles. The van der Waals surface area contributed by atoms with Gasteiger partial charge in [-0.1, -0.05) is 12.1 Å². The van der Waals surface area contributed by atoms with Crippen LogP contribution in [-0.4, -0.2) is 75.4 Å². The van der Waals surface area contributed by atoms with Gasteiger partial charge in [0.15, 0.2) is 11.5 Å². The summed E-state index contributed by atoms with van der Waals surface area (Å²) < 4.78 is 16.3. The zero-order valence-corrected chi connectivity index (χ0v) is 18.5. The Morgan fingerprint density at radius 3 is 2.56 bits per heavy atom. The van der Waals surface area contributed by atoms with Gasteiger partial charge in [-0.25, -0.2) is 4.79 Å². The fourth-order valence-corrected chi connectivity index (χ4v) is 4.02. The van der Waals surface area contributed by atoms with Gasteiger partial charge < -0.3 is 24.4 Å². The van der Waals surface area contributed by atoms with Gasteiger partial charge in [-0.2, -0.15) is 0 Å². The van der Waals surface area contributed by atoms with Gasteiger partial charge in [-0.3, -0.25) is 9.69 Å². The highest BCUT2D eigenvalue weighted by Crippen LogP contribution is 2.30. The molecule has 170 valence electrons. The van der Waals surface area contributed by atoms with Crippen LogP contribution in [0.25, 0.3) is 0 Å². The molecule has 1 fully saturated rings. The van der Waals surface area contributed by atoms with E-state index in [-0.39, 0.29) is 24.0 Å². The lowest BCUT2D eigenvalue weighted by atomic mass is 10.1. The van der Waals surface area contributed by atoms with Crippen molar-refractivity contribution in [2.45, 2.75) is 19.1 Å². The monoisotopic (exact) mass is 439 g/mol. The molecule has 2 unspecified atom stereocenters. The molecule has 2 aromatic carbocycles. The van der Waals surface area contributed by atoms with Gasteiger partial charge in [-0.05, 0) is 43.3 Å². The number of benzene rings is 2. The lowest BCUT2D eigenvalue weighted by Gasteiger charge is -2.40. The highest BCUT2D eigenvalue weighted by molar-refractivity contribution is 5.89. The number of carbonyl (C=O) groups is 2. The predicted octanol–water partition coefficient (Wildman–Crippen LogP) is 1.94. The maximum atomic E-state index is 12.5. The van der Waals surface area contributed by atoms with E-state index in [4.69, 9.17) is 14.2 Å². The summed E-state index contributed by atoms with van der Waals surface area (Å²) in [7, 11) is 1.38. The van der Waals surface area contributed by atoms with Crippen LogP contribution in [0.2, 0.25) is 0 Å². The second kappa shape index (κ2) is 9.91. The Hall–Kier alpha value is -3.26. The fourth-order valence-electron chi connectivity index (χ4n) is 4.02. The van der Waals surface area contributed by atoms with Crippen molar-refractivity contribution in [2.75, 3.05) is 51.3 Å². The molecule has 1 N–H and O–H groups in total. The van der Waals surface area contributed by atoms with Crippen molar-refractivity contribution in [3.05, 3.63) is 54.1 Å². The van der Waals surface area contributed by atoms with Gasteiger partial charge in [-0.15, -0.1) is 0 Å². The second-order valence-corrected chi connectivity index (χ2v) is 8.11. The summed E-state index contributed by atoms with van der Waals surface area (Å²) in [6.07, 6.45) is -0.198. The van der Waals surface area contributed by atoms with Crippen LogP contribution >= 0.6 is 0 Å². The third-order valence-corrected chi connectivity index (χ3v) is 5.86. The minimum Gasteiger partial charge on any atom is -0.486 e. The van der Waals surface area contributed by atoms with E-state index in [2.05, 4.69) is 22.0 Å². The van der Waals surface area contributed by atoms with Crippen LogP contribution in [0.3, 0.4) is 0 Å². The molecular weight excluding hydrogens is 410 g/mol. The molecule has 0 spiro atoms. The van der Waals surface area contributed by atoms with Crippen molar-refractivity contribution in [3.63, 3.8) is 0 Å². The number of carbonyl (C=O) groups excluding carboxylic acids is 2. The van der Waals surface area contributed by atoms with Crippen molar-refractivity contribution in [1.82, 2.24) is 10.2 Å². The van der Waals surface area contributed by atoms with E-state index in [1.54, 1.807) is 12.1 Å². The first kappa shape index (κ1) is 22.0. The fraction of sp³-hybridized carbons (Fsp3) is 0.417. The summed E-state index contributed by atoms with van der Waals surface area (Å²) in [5.74, 6) is 1.09. The van der Waals surface area contributed by atoms with Crippen LogP contribution in [0.1, 0.15) is 17.3 Å². The highest BCUT2D eigenvalue weighted by Gasteiger charge is 2.26. The number of hydrogen-bond donors (Lipinski definition) is 1. The molecule has 0 bridgehead atoms. The number of nitrogens with zero attached hydrogens (tertiary/aromatic N) is 2. The van der Waals surface area contributed by atoms with Crippen LogP contribution < -0.4 is 19.7 Å². The summed E-state index contributed by atoms with van der Waals surface area (Å²) >= 11 is 0. The van der Waals surface area contributed by atoms with E-state index in [0.717, 1.165) is 31.1 Å². The van der Waals surface area contributed by atoms with Crippen molar-refractivity contribution < 1.29 is 23.8 Å². The molecule has 1 amide bonds. The Bertz CT molecular complexity index is 949. The summed E-state index contributed by atoms with van der Waals surface area (Å²) in [6, 6.07) is 15.2. The van der Waals surface area contributed by atoms with Gasteiger partial charge >= 0.3 is 5.97 Å². The van der Waals surface area contributed by atoms with E-state index in [9.17, 15) is 9.59 Å². The number of nitrogens with one attached hydrogen (secondary N) is 1.